The molecule has 0 spiro atoms. The number of fused-ring (bicyclic) bond motifs is 3. The van der Waals surface area contributed by atoms with Crippen molar-refractivity contribution >= 4 is 16.7 Å². The third-order valence-corrected chi connectivity index (χ3v) is 6.30. The summed E-state index contributed by atoms with van der Waals surface area (Å²) in [5, 5.41) is 1.02. The summed E-state index contributed by atoms with van der Waals surface area (Å²) >= 11 is 0. The lowest BCUT2D eigenvalue weighted by atomic mass is 9.93. The van der Waals surface area contributed by atoms with Crippen molar-refractivity contribution in [2.45, 2.75) is 25.9 Å². The Bertz CT molecular complexity index is 1070. The van der Waals surface area contributed by atoms with Crippen LogP contribution in [0.5, 0.6) is 5.75 Å². The summed E-state index contributed by atoms with van der Waals surface area (Å²) in [5.74, 6) is 1.50. The number of likely N-dealkylation sites (tertiary alicyclic amines) is 1. The third kappa shape index (κ3) is 3.38. The van der Waals surface area contributed by atoms with Gasteiger partial charge in [-0.1, -0.05) is 42.5 Å². The fourth-order valence-corrected chi connectivity index (χ4v) is 4.73. The number of rotatable bonds is 4. The number of methoxy groups -OCH3 is 1. The highest BCUT2D eigenvalue weighted by molar-refractivity contribution is 6.13. The molecule has 0 atom stereocenters. The van der Waals surface area contributed by atoms with Gasteiger partial charge in [-0.25, -0.2) is 0 Å². The first-order valence-electron chi connectivity index (χ1n) is 10.4. The molecule has 0 saturated carbocycles. The van der Waals surface area contributed by atoms with Crippen molar-refractivity contribution in [2.24, 2.45) is 5.92 Å². The largest absolute Gasteiger partial charge is 0.496 e. The average molecular weight is 386 g/mol. The van der Waals surface area contributed by atoms with E-state index in [1.807, 2.05) is 18.2 Å². The van der Waals surface area contributed by atoms with E-state index in [2.05, 4.69) is 51.9 Å². The zero-order chi connectivity index (χ0) is 19.8. The molecule has 1 saturated heterocycles. The Morgan fingerprint density at radius 3 is 2.62 bits per heavy atom. The maximum Gasteiger partial charge on any atom is 0.206 e. The van der Waals surface area contributed by atoms with E-state index in [1.54, 1.807) is 7.11 Å². The first kappa shape index (κ1) is 18.2. The zero-order valence-corrected chi connectivity index (χ0v) is 16.8. The second-order valence-corrected chi connectivity index (χ2v) is 8.13. The number of aromatic nitrogens is 1. The molecule has 0 bridgehead atoms. The number of allylic oxidation sites excluding steroid dienone is 2. The minimum absolute atomic E-state index is 0.176. The molecular formula is C25H26N2O2. The maximum absolute atomic E-state index is 13.0. The maximum atomic E-state index is 13.0. The van der Waals surface area contributed by atoms with Crippen LogP contribution in [0.25, 0.3) is 10.9 Å². The van der Waals surface area contributed by atoms with Crippen molar-refractivity contribution in [3.8, 4) is 5.75 Å². The molecule has 1 fully saturated rings. The van der Waals surface area contributed by atoms with Gasteiger partial charge in [0.15, 0.2) is 0 Å². The predicted molar refractivity (Wildman–Crippen MR) is 115 cm³/mol. The van der Waals surface area contributed by atoms with E-state index < -0.39 is 0 Å². The van der Waals surface area contributed by atoms with E-state index in [9.17, 15) is 4.79 Å². The SMILES string of the molecule is COc1cccc2c1cc1n2CC(=CC2CCN(Cc3ccccc3)CC2)C1=O. The van der Waals surface area contributed by atoms with Crippen LogP contribution in [0.1, 0.15) is 28.9 Å². The number of carbonyl (C=O) groups excluding carboxylic acids is 1. The predicted octanol–water partition coefficient (Wildman–Crippen LogP) is 4.68. The average Bonchev–Trinajstić information content (AvgIpc) is 3.27. The van der Waals surface area contributed by atoms with Crippen molar-refractivity contribution in [3.63, 3.8) is 0 Å². The molecule has 3 aromatic rings. The summed E-state index contributed by atoms with van der Waals surface area (Å²) in [5.41, 5.74) is 4.19. The molecule has 1 aromatic heterocycles. The highest BCUT2D eigenvalue weighted by Crippen LogP contribution is 2.34. The number of piperidine rings is 1. The van der Waals surface area contributed by atoms with Gasteiger partial charge in [0, 0.05) is 17.5 Å². The summed E-state index contributed by atoms with van der Waals surface area (Å²) in [6.07, 6.45) is 4.49. The monoisotopic (exact) mass is 386 g/mol. The second-order valence-electron chi connectivity index (χ2n) is 8.13. The van der Waals surface area contributed by atoms with Gasteiger partial charge in [-0.2, -0.15) is 0 Å². The van der Waals surface area contributed by atoms with Gasteiger partial charge in [0.1, 0.15) is 5.75 Å². The minimum Gasteiger partial charge on any atom is -0.496 e. The minimum atomic E-state index is 0.176. The number of hydrogen-bond donors (Lipinski definition) is 0. The number of ketones is 1. The molecule has 4 nitrogen and oxygen atoms in total. The zero-order valence-electron chi connectivity index (χ0n) is 16.8. The van der Waals surface area contributed by atoms with Gasteiger partial charge >= 0.3 is 0 Å². The number of carbonyl (C=O) groups is 1. The molecule has 0 aliphatic carbocycles. The molecule has 0 N–H and O–H groups in total. The van der Waals surface area contributed by atoms with Crippen LogP contribution >= 0.6 is 0 Å². The van der Waals surface area contributed by atoms with Gasteiger partial charge in [0.05, 0.1) is 24.9 Å². The number of nitrogens with zero attached hydrogens (tertiary/aromatic N) is 2. The summed E-state index contributed by atoms with van der Waals surface area (Å²) in [4.78, 5) is 15.5. The molecule has 3 heterocycles. The van der Waals surface area contributed by atoms with E-state index in [4.69, 9.17) is 4.74 Å². The van der Waals surface area contributed by atoms with E-state index >= 15 is 0 Å². The van der Waals surface area contributed by atoms with Crippen LogP contribution in [0.4, 0.5) is 0 Å². The molecule has 0 radical (unpaired) electrons. The van der Waals surface area contributed by atoms with Gasteiger partial charge in [-0.15, -0.1) is 0 Å². The number of benzene rings is 2. The third-order valence-electron chi connectivity index (χ3n) is 6.30. The van der Waals surface area contributed by atoms with Crippen molar-refractivity contribution in [1.29, 1.82) is 0 Å². The van der Waals surface area contributed by atoms with Crippen LogP contribution in [0.15, 0.2) is 66.2 Å². The summed E-state index contributed by atoms with van der Waals surface area (Å²) in [6, 6.07) is 18.7. The Balaban J connectivity index is 1.28. The lowest BCUT2D eigenvalue weighted by Gasteiger charge is -2.30. The van der Waals surface area contributed by atoms with Crippen molar-refractivity contribution in [1.82, 2.24) is 9.47 Å². The second kappa shape index (κ2) is 7.53. The number of hydrogen-bond acceptors (Lipinski definition) is 3. The topological polar surface area (TPSA) is 34.5 Å². The molecule has 2 aliphatic heterocycles. The molecular weight excluding hydrogens is 360 g/mol. The van der Waals surface area contributed by atoms with Gasteiger partial charge in [0.2, 0.25) is 5.78 Å². The quantitative estimate of drug-likeness (QED) is 0.611. The highest BCUT2D eigenvalue weighted by Gasteiger charge is 2.29. The lowest BCUT2D eigenvalue weighted by Crippen LogP contribution is -2.32. The molecule has 29 heavy (non-hydrogen) atoms. The van der Waals surface area contributed by atoms with Crippen LogP contribution in [0.3, 0.4) is 0 Å². The van der Waals surface area contributed by atoms with E-state index in [0.29, 0.717) is 12.5 Å². The molecule has 4 heteroatoms. The van der Waals surface area contributed by atoms with Crippen molar-refractivity contribution < 1.29 is 9.53 Å². The summed E-state index contributed by atoms with van der Waals surface area (Å²) in [6.45, 7) is 3.87. The van der Waals surface area contributed by atoms with Crippen LogP contribution < -0.4 is 4.74 Å². The standard InChI is InChI=1S/C25H26N2O2/c1-29-24-9-5-8-22-21(24)15-23-25(28)20(17-27(22)23)14-18-10-12-26(13-11-18)16-19-6-3-2-4-7-19/h2-9,14-15,18H,10-13,16-17H2,1H3. The normalized spacial score (nSPS) is 19.2. The van der Waals surface area contributed by atoms with Crippen LogP contribution in [-0.4, -0.2) is 35.4 Å². The first-order chi connectivity index (χ1) is 14.2. The van der Waals surface area contributed by atoms with Crippen LogP contribution in [0, 0.1) is 5.92 Å². The molecule has 0 amide bonds. The van der Waals surface area contributed by atoms with E-state index in [-0.39, 0.29) is 5.78 Å². The Kier molecular flexibility index (Phi) is 4.72. The molecule has 0 unspecified atom stereocenters. The Labute approximate surface area is 171 Å². The lowest BCUT2D eigenvalue weighted by molar-refractivity contribution is 0.103. The molecule has 5 rings (SSSR count). The van der Waals surface area contributed by atoms with Crippen molar-refractivity contribution in [2.75, 3.05) is 20.2 Å². The van der Waals surface area contributed by atoms with Gasteiger partial charge in [0.25, 0.3) is 0 Å². The molecule has 2 aromatic carbocycles. The van der Waals surface area contributed by atoms with Crippen LogP contribution in [0.2, 0.25) is 0 Å². The Morgan fingerprint density at radius 2 is 1.86 bits per heavy atom. The summed E-state index contributed by atoms with van der Waals surface area (Å²) < 4.78 is 7.59. The van der Waals surface area contributed by atoms with Crippen molar-refractivity contribution in [3.05, 3.63) is 77.5 Å². The first-order valence-corrected chi connectivity index (χ1v) is 10.4. The highest BCUT2D eigenvalue weighted by atomic mass is 16.5. The Morgan fingerprint density at radius 1 is 1.07 bits per heavy atom. The fraction of sp³-hybridized carbons (Fsp3) is 0.320. The van der Waals surface area contributed by atoms with Gasteiger partial charge in [-0.3, -0.25) is 9.69 Å². The Hall–Kier alpha value is -2.85. The fourth-order valence-electron chi connectivity index (χ4n) is 4.73. The number of Topliss-reactive ketones (excluding diaryl/α,β-unsaturated/α-hetero) is 1. The summed E-state index contributed by atoms with van der Waals surface area (Å²) in [7, 11) is 1.68. The van der Waals surface area contributed by atoms with E-state index in [1.165, 1.54) is 5.56 Å². The molecule has 2 aliphatic rings. The van der Waals surface area contributed by atoms with Gasteiger partial charge in [-0.05, 0) is 55.6 Å². The van der Waals surface area contributed by atoms with E-state index in [0.717, 1.165) is 60.4 Å². The smallest absolute Gasteiger partial charge is 0.206 e. The molecule has 148 valence electrons. The van der Waals surface area contributed by atoms with Gasteiger partial charge < -0.3 is 9.30 Å². The number of ether oxygens (including phenoxy) is 1. The van der Waals surface area contributed by atoms with Crippen LogP contribution in [-0.2, 0) is 13.1 Å².